The van der Waals surface area contributed by atoms with Gasteiger partial charge < -0.3 is 31.0 Å². The van der Waals surface area contributed by atoms with E-state index in [-0.39, 0.29) is 11.9 Å². The molecule has 0 bridgehead atoms. The predicted molar refractivity (Wildman–Crippen MR) is 167 cm³/mol. The number of nitrogen functional groups attached to an aromatic ring is 1. The largest absolute Gasteiger partial charge is 0.398 e. The number of hydrogen-bond donors (Lipinski definition) is 3. The Bertz CT molecular complexity index is 1590. The van der Waals surface area contributed by atoms with Crippen LogP contribution in [0.5, 0.6) is 0 Å². The second-order valence-corrected chi connectivity index (χ2v) is 11.3. The van der Waals surface area contributed by atoms with E-state index in [0.717, 1.165) is 71.1 Å². The van der Waals surface area contributed by atoms with E-state index in [9.17, 15) is 4.79 Å². The summed E-state index contributed by atoms with van der Waals surface area (Å²) in [6, 6.07) is 16.6. The van der Waals surface area contributed by atoms with Crippen molar-refractivity contribution in [3.8, 4) is 21.8 Å². The van der Waals surface area contributed by atoms with Crippen LogP contribution in [0.2, 0.25) is 0 Å². The lowest BCUT2D eigenvalue weighted by atomic mass is 10.0. The number of thiophene rings is 1. The lowest BCUT2D eigenvalue weighted by Gasteiger charge is -2.33. The molecule has 0 unspecified atom stereocenters. The summed E-state index contributed by atoms with van der Waals surface area (Å²) in [7, 11) is 0. The van der Waals surface area contributed by atoms with Gasteiger partial charge in [0.05, 0.1) is 23.4 Å². The molecule has 2 aromatic heterocycles. The van der Waals surface area contributed by atoms with Crippen LogP contribution in [0.15, 0.2) is 61.2 Å². The first-order chi connectivity index (χ1) is 20.0. The van der Waals surface area contributed by atoms with Crippen LogP contribution in [0.1, 0.15) is 18.4 Å². The Morgan fingerprint density at radius 3 is 2.54 bits per heavy atom. The summed E-state index contributed by atoms with van der Waals surface area (Å²) in [4.78, 5) is 27.4. The number of nitrogens with two attached hydrogens (primary N) is 1. The molecule has 210 valence electrons. The molecule has 0 radical (unpaired) electrons. The molecule has 10 heteroatoms. The van der Waals surface area contributed by atoms with Crippen molar-refractivity contribution >= 4 is 50.9 Å². The molecule has 4 N–H and O–H groups in total. The zero-order chi connectivity index (χ0) is 28.3. The van der Waals surface area contributed by atoms with Gasteiger partial charge in [0.1, 0.15) is 0 Å². The summed E-state index contributed by atoms with van der Waals surface area (Å²) in [5.74, 6) is 1.36. The van der Waals surface area contributed by atoms with Crippen molar-refractivity contribution in [2.24, 2.45) is 0 Å². The first kappa shape index (κ1) is 26.9. The standard InChI is InChI=1S/C31H33N7O2S/c1-2-28(39)34-21-10-12-37(13-11-21)22-8-6-20(7-9-22)27-18-26-29(41-27)31(38-14-16-40-17-15-38)36-30(35-26)23-4-3-5-25(33)24(23)19-32/h2-9,18-19,21,32H,1,10-17,33H2,(H,34,39). The van der Waals surface area contributed by atoms with Crippen molar-refractivity contribution in [1.29, 1.82) is 5.41 Å². The molecule has 0 spiro atoms. The SMILES string of the molecule is C=CC(=O)NC1CCN(c2ccc(-c3cc4nc(-c5cccc(N)c5C=N)nc(N5CCOCC5)c4s3)cc2)CC1. The number of benzene rings is 2. The van der Waals surface area contributed by atoms with Crippen LogP contribution in [-0.4, -0.2) is 67.5 Å². The van der Waals surface area contributed by atoms with Gasteiger partial charge in [0.2, 0.25) is 5.91 Å². The van der Waals surface area contributed by atoms with Crippen LogP contribution in [0.3, 0.4) is 0 Å². The molecule has 0 aliphatic carbocycles. The van der Waals surface area contributed by atoms with E-state index < -0.39 is 0 Å². The highest BCUT2D eigenvalue weighted by molar-refractivity contribution is 7.22. The van der Waals surface area contributed by atoms with Gasteiger partial charge in [-0.1, -0.05) is 30.8 Å². The number of hydrogen-bond acceptors (Lipinski definition) is 9. The Kier molecular flexibility index (Phi) is 7.67. The number of morpholine rings is 1. The third-order valence-corrected chi connectivity index (χ3v) is 8.90. The minimum Gasteiger partial charge on any atom is -0.398 e. The van der Waals surface area contributed by atoms with Gasteiger partial charge >= 0.3 is 0 Å². The van der Waals surface area contributed by atoms with Crippen molar-refractivity contribution in [3.05, 3.63) is 66.7 Å². The maximum atomic E-state index is 11.6. The van der Waals surface area contributed by atoms with Gasteiger partial charge in [-0.15, -0.1) is 11.3 Å². The van der Waals surface area contributed by atoms with E-state index >= 15 is 0 Å². The summed E-state index contributed by atoms with van der Waals surface area (Å²) in [5, 5.41) is 10.9. The lowest BCUT2D eigenvalue weighted by Crippen LogP contribution is -2.44. The van der Waals surface area contributed by atoms with Crippen LogP contribution in [0.25, 0.3) is 32.0 Å². The van der Waals surface area contributed by atoms with Gasteiger partial charge in [-0.3, -0.25) is 4.79 Å². The lowest BCUT2D eigenvalue weighted by molar-refractivity contribution is -0.117. The highest BCUT2D eigenvalue weighted by atomic mass is 32.1. The summed E-state index contributed by atoms with van der Waals surface area (Å²) < 4.78 is 6.65. The molecule has 9 nitrogen and oxygen atoms in total. The minimum absolute atomic E-state index is 0.104. The second-order valence-electron chi connectivity index (χ2n) is 10.3. The topological polar surface area (TPSA) is 120 Å². The van der Waals surface area contributed by atoms with Gasteiger partial charge in [0.15, 0.2) is 11.6 Å². The number of piperidine rings is 1. The molecule has 6 rings (SSSR count). The van der Waals surface area contributed by atoms with Crippen molar-refractivity contribution in [1.82, 2.24) is 15.3 Å². The molecule has 41 heavy (non-hydrogen) atoms. The van der Waals surface area contributed by atoms with E-state index in [1.54, 1.807) is 17.4 Å². The summed E-state index contributed by atoms with van der Waals surface area (Å²) in [5.41, 5.74) is 11.3. The minimum atomic E-state index is -0.104. The first-order valence-electron chi connectivity index (χ1n) is 13.9. The zero-order valence-corrected chi connectivity index (χ0v) is 23.6. The van der Waals surface area contributed by atoms with E-state index in [2.05, 4.69) is 52.0 Å². The molecule has 2 aliphatic rings. The Balaban J connectivity index is 1.30. The number of amides is 1. The van der Waals surface area contributed by atoms with Gasteiger partial charge in [-0.05, 0) is 48.7 Å². The maximum absolute atomic E-state index is 11.6. The van der Waals surface area contributed by atoms with Crippen LogP contribution in [0.4, 0.5) is 17.2 Å². The molecular formula is C31H33N7O2S. The van der Waals surface area contributed by atoms with Crippen LogP contribution in [0, 0.1) is 5.41 Å². The van der Waals surface area contributed by atoms with Gasteiger partial charge in [0.25, 0.3) is 0 Å². The molecule has 2 aromatic carbocycles. The van der Waals surface area contributed by atoms with Crippen molar-refractivity contribution in [3.63, 3.8) is 0 Å². The fraction of sp³-hybridized carbons (Fsp3) is 0.290. The highest BCUT2D eigenvalue weighted by Gasteiger charge is 2.23. The number of nitrogens with zero attached hydrogens (tertiary/aromatic N) is 4. The zero-order valence-electron chi connectivity index (χ0n) is 22.8. The van der Waals surface area contributed by atoms with Crippen LogP contribution >= 0.6 is 11.3 Å². The smallest absolute Gasteiger partial charge is 0.243 e. The molecule has 1 amide bonds. The maximum Gasteiger partial charge on any atom is 0.243 e. The Labute approximate surface area is 243 Å². The van der Waals surface area contributed by atoms with E-state index in [1.165, 1.54) is 18.0 Å². The number of nitrogens with one attached hydrogen (secondary N) is 2. The van der Waals surface area contributed by atoms with Crippen LogP contribution in [-0.2, 0) is 9.53 Å². The number of fused-ring (bicyclic) bond motifs is 1. The molecule has 0 saturated carbocycles. The predicted octanol–water partition coefficient (Wildman–Crippen LogP) is 4.71. The van der Waals surface area contributed by atoms with Crippen molar-refractivity contribution in [2.75, 3.05) is 54.9 Å². The quantitative estimate of drug-likeness (QED) is 0.168. The van der Waals surface area contributed by atoms with Gasteiger partial charge in [-0.2, -0.15) is 0 Å². The van der Waals surface area contributed by atoms with E-state index in [1.807, 2.05) is 12.1 Å². The van der Waals surface area contributed by atoms with Crippen molar-refractivity contribution in [2.45, 2.75) is 18.9 Å². The first-order valence-corrected chi connectivity index (χ1v) is 14.7. The molecule has 4 heterocycles. The Morgan fingerprint density at radius 1 is 1.07 bits per heavy atom. The number of aromatic nitrogens is 2. The third kappa shape index (κ3) is 5.53. The van der Waals surface area contributed by atoms with Gasteiger partial charge in [0, 0.05) is 65.8 Å². The summed E-state index contributed by atoms with van der Waals surface area (Å²) in [6.07, 6.45) is 4.43. The molecule has 2 aliphatic heterocycles. The average molecular weight is 568 g/mol. The molecule has 2 fully saturated rings. The Hall–Kier alpha value is -4.28. The van der Waals surface area contributed by atoms with Crippen LogP contribution < -0.4 is 20.9 Å². The van der Waals surface area contributed by atoms with E-state index in [4.69, 9.17) is 25.8 Å². The second kappa shape index (κ2) is 11.7. The fourth-order valence-corrected chi connectivity index (χ4v) is 6.60. The summed E-state index contributed by atoms with van der Waals surface area (Å²) >= 11 is 1.70. The number of rotatable bonds is 7. The highest BCUT2D eigenvalue weighted by Crippen LogP contribution is 2.40. The normalized spacial score (nSPS) is 16.1. The number of ether oxygens (including phenoxy) is 1. The van der Waals surface area contributed by atoms with E-state index in [0.29, 0.717) is 30.3 Å². The number of carbonyl (C=O) groups is 1. The van der Waals surface area contributed by atoms with Crippen molar-refractivity contribution < 1.29 is 9.53 Å². The summed E-state index contributed by atoms with van der Waals surface area (Å²) in [6.45, 7) is 8.17. The monoisotopic (exact) mass is 567 g/mol. The molecular weight excluding hydrogens is 534 g/mol. The molecule has 0 atom stereocenters. The van der Waals surface area contributed by atoms with Gasteiger partial charge in [-0.25, -0.2) is 9.97 Å². The molecule has 4 aromatic rings. The Morgan fingerprint density at radius 2 is 1.83 bits per heavy atom. The number of carbonyl (C=O) groups excluding carboxylic acids is 1. The third-order valence-electron chi connectivity index (χ3n) is 7.73. The molecule has 2 saturated heterocycles. The number of anilines is 3. The average Bonchev–Trinajstić information content (AvgIpc) is 3.46. The fourth-order valence-electron chi connectivity index (χ4n) is 5.48.